The fourth-order valence-corrected chi connectivity index (χ4v) is 2.65. The van der Waals surface area contributed by atoms with Gasteiger partial charge < -0.3 is 10.1 Å². The van der Waals surface area contributed by atoms with Gasteiger partial charge in [0.05, 0.1) is 11.5 Å². The normalized spacial score (nSPS) is 11.8. The van der Waals surface area contributed by atoms with Crippen molar-refractivity contribution in [3.63, 3.8) is 0 Å². The summed E-state index contributed by atoms with van der Waals surface area (Å²) in [5.41, 5.74) is 0.460. The van der Waals surface area contributed by atoms with Crippen molar-refractivity contribution in [2.45, 2.75) is 24.3 Å². The summed E-state index contributed by atoms with van der Waals surface area (Å²) < 4.78 is 26.2. The van der Waals surface area contributed by atoms with Gasteiger partial charge in [0.2, 0.25) is 10.0 Å². The Morgan fingerprint density at radius 1 is 1.42 bits per heavy atom. The molecule has 0 aliphatic rings. The van der Waals surface area contributed by atoms with Crippen LogP contribution in [0.5, 0.6) is 0 Å². The molecular weight excluding hydrogens is 270 g/mol. The second-order valence-corrected chi connectivity index (χ2v) is 5.72. The highest BCUT2D eigenvalue weighted by Crippen LogP contribution is 2.10. The first-order chi connectivity index (χ1) is 9.12. The summed E-state index contributed by atoms with van der Waals surface area (Å²) >= 11 is 0. The van der Waals surface area contributed by atoms with Crippen LogP contribution in [0.4, 0.5) is 0 Å². The number of nitrogens with one attached hydrogen (secondary N) is 3. The van der Waals surface area contributed by atoms with E-state index in [1.54, 1.807) is 0 Å². The minimum absolute atomic E-state index is 0.121. The maximum absolute atomic E-state index is 11.9. The number of hydrogen-bond donors (Lipinski definition) is 4. The maximum atomic E-state index is 11.9. The number of sulfonamides is 1. The SMILES string of the molecule is O=S(=O)(NCCCc1ncn[nH]1)c1c[nH]c(CO)c1. The molecule has 0 aliphatic carbocycles. The van der Waals surface area contributed by atoms with Crippen LogP contribution >= 0.6 is 0 Å². The van der Waals surface area contributed by atoms with Crippen LogP contribution in [-0.2, 0) is 23.1 Å². The topological polar surface area (TPSA) is 124 Å². The van der Waals surface area contributed by atoms with Crippen LogP contribution in [0.3, 0.4) is 0 Å². The predicted molar refractivity (Wildman–Crippen MR) is 66.6 cm³/mol. The van der Waals surface area contributed by atoms with Crippen LogP contribution in [0.15, 0.2) is 23.5 Å². The monoisotopic (exact) mass is 285 g/mol. The standard InChI is InChI=1S/C10H15N5O3S/c16-6-8-4-9(5-11-8)19(17,18)14-3-1-2-10-12-7-13-15-10/h4-5,7,11,14,16H,1-3,6H2,(H,12,13,15). The van der Waals surface area contributed by atoms with Crippen LogP contribution in [-0.4, -0.2) is 40.2 Å². The summed E-state index contributed by atoms with van der Waals surface area (Å²) in [7, 11) is -3.53. The van der Waals surface area contributed by atoms with E-state index in [0.717, 1.165) is 5.82 Å². The molecule has 0 bridgehead atoms. The minimum atomic E-state index is -3.53. The first-order valence-electron chi connectivity index (χ1n) is 5.74. The highest BCUT2D eigenvalue weighted by atomic mass is 32.2. The van der Waals surface area contributed by atoms with Crippen molar-refractivity contribution < 1.29 is 13.5 Å². The molecule has 0 fully saturated rings. The number of hydrogen-bond acceptors (Lipinski definition) is 5. The Kier molecular flexibility index (Phi) is 4.30. The van der Waals surface area contributed by atoms with E-state index in [9.17, 15) is 8.42 Å². The average molecular weight is 285 g/mol. The molecule has 0 saturated carbocycles. The van der Waals surface area contributed by atoms with Gasteiger partial charge in [0, 0.05) is 24.9 Å². The molecule has 0 aromatic carbocycles. The Morgan fingerprint density at radius 2 is 2.26 bits per heavy atom. The van der Waals surface area contributed by atoms with Crippen molar-refractivity contribution in [2.75, 3.05) is 6.54 Å². The van der Waals surface area contributed by atoms with Crippen molar-refractivity contribution in [3.05, 3.63) is 30.1 Å². The smallest absolute Gasteiger partial charge is 0.242 e. The third kappa shape index (κ3) is 3.63. The van der Waals surface area contributed by atoms with E-state index in [0.29, 0.717) is 25.1 Å². The van der Waals surface area contributed by atoms with E-state index in [4.69, 9.17) is 5.11 Å². The zero-order valence-corrected chi connectivity index (χ0v) is 10.9. The van der Waals surface area contributed by atoms with Gasteiger partial charge >= 0.3 is 0 Å². The lowest BCUT2D eigenvalue weighted by Crippen LogP contribution is -2.24. The summed E-state index contributed by atoms with van der Waals surface area (Å²) in [4.78, 5) is 6.75. The highest BCUT2D eigenvalue weighted by Gasteiger charge is 2.15. The number of H-pyrrole nitrogens is 2. The Bertz CT molecular complexity index is 605. The number of nitrogens with zero attached hydrogens (tertiary/aromatic N) is 2. The molecule has 104 valence electrons. The third-order valence-corrected chi connectivity index (χ3v) is 3.98. The Hall–Kier alpha value is -1.71. The molecule has 2 aromatic heterocycles. The zero-order valence-electron chi connectivity index (χ0n) is 10.1. The molecule has 0 amide bonds. The first-order valence-corrected chi connectivity index (χ1v) is 7.22. The van der Waals surface area contributed by atoms with Gasteiger partial charge in [0.1, 0.15) is 12.2 Å². The van der Waals surface area contributed by atoms with Gasteiger partial charge in [0.25, 0.3) is 0 Å². The molecule has 0 saturated heterocycles. The molecule has 9 heteroatoms. The first kappa shape index (κ1) is 13.7. The number of aryl methyl sites for hydroxylation is 1. The van der Waals surface area contributed by atoms with Crippen molar-refractivity contribution in [1.29, 1.82) is 0 Å². The summed E-state index contributed by atoms with van der Waals surface area (Å²) in [6.07, 6.45) is 4.00. The van der Waals surface area contributed by atoms with E-state index < -0.39 is 10.0 Å². The molecule has 2 rings (SSSR count). The van der Waals surface area contributed by atoms with Crippen LogP contribution in [0.1, 0.15) is 17.9 Å². The summed E-state index contributed by atoms with van der Waals surface area (Å²) in [5.74, 6) is 0.725. The molecule has 0 radical (unpaired) electrons. The van der Waals surface area contributed by atoms with Crippen molar-refractivity contribution >= 4 is 10.0 Å². The number of rotatable bonds is 7. The Morgan fingerprint density at radius 3 is 2.89 bits per heavy atom. The largest absolute Gasteiger partial charge is 0.390 e. The van der Waals surface area contributed by atoms with E-state index in [1.165, 1.54) is 18.6 Å². The number of aromatic nitrogens is 4. The van der Waals surface area contributed by atoms with Crippen LogP contribution < -0.4 is 4.72 Å². The Labute approximate surface area is 110 Å². The van der Waals surface area contributed by atoms with Gasteiger partial charge in [-0.15, -0.1) is 0 Å². The lowest BCUT2D eigenvalue weighted by Gasteiger charge is -2.03. The molecule has 2 aromatic rings. The molecule has 0 unspecified atom stereocenters. The second kappa shape index (κ2) is 5.95. The molecule has 0 aliphatic heterocycles. The minimum Gasteiger partial charge on any atom is -0.390 e. The van der Waals surface area contributed by atoms with Gasteiger partial charge in [-0.05, 0) is 12.5 Å². The number of aromatic amines is 2. The van der Waals surface area contributed by atoms with Gasteiger partial charge in [-0.25, -0.2) is 18.1 Å². The maximum Gasteiger partial charge on any atom is 0.242 e. The number of aliphatic hydroxyl groups excluding tert-OH is 1. The van der Waals surface area contributed by atoms with Gasteiger partial charge in [0.15, 0.2) is 0 Å². The van der Waals surface area contributed by atoms with Crippen LogP contribution in [0, 0.1) is 0 Å². The highest BCUT2D eigenvalue weighted by molar-refractivity contribution is 7.89. The van der Waals surface area contributed by atoms with Crippen LogP contribution in [0.2, 0.25) is 0 Å². The van der Waals surface area contributed by atoms with E-state index >= 15 is 0 Å². The van der Waals surface area contributed by atoms with Gasteiger partial charge in [-0.2, -0.15) is 5.10 Å². The summed E-state index contributed by atoms with van der Waals surface area (Å²) in [6, 6.07) is 1.40. The van der Waals surface area contributed by atoms with Gasteiger partial charge in [-0.3, -0.25) is 5.10 Å². The fraction of sp³-hybridized carbons (Fsp3) is 0.400. The quantitative estimate of drug-likeness (QED) is 0.512. The molecular formula is C10H15N5O3S. The Balaban J connectivity index is 1.84. The zero-order chi connectivity index (χ0) is 13.7. The summed E-state index contributed by atoms with van der Waals surface area (Å²) in [5, 5.41) is 15.3. The van der Waals surface area contributed by atoms with E-state index in [1.807, 2.05) is 0 Å². The average Bonchev–Trinajstić information content (AvgIpc) is 3.05. The molecule has 2 heterocycles. The third-order valence-electron chi connectivity index (χ3n) is 2.54. The molecule has 0 spiro atoms. The molecule has 0 atom stereocenters. The van der Waals surface area contributed by atoms with Crippen molar-refractivity contribution in [1.82, 2.24) is 24.9 Å². The second-order valence-electron chi connectivity index (χ2n) is 3.95. The van der Waals surface area contributed by atoms with E-state index in [2.05, 4.69) is 24.9 Å². The lowest BCUT2D eigenvalue weighted by atomic mass is 10.3. The van der Waals surface area contributed by atoms with Crippen molar-refractivity contribution in [2.24, 2.45) is 0 Å². The summed E-state index contributed by atoms with van der Waals surface area (Å²) in [6.45, 7) is 0.0870. The van der Waals surface area contributed by atoms with Crippen LogP contribution in [0.25, 0.3) is 0 Å². The lowest BCUT2D eigenvalue weighted by molar-refractivity contribution is 0.277. The molecule has 4 N–H and O–H groups in total. The molecule has 19 heavy (non-hydrogen) atoms. The fourth-order valence-electron chi connectivity index (χ4n) is 1.56. The van der Waals surface area contributed by atoms with Crippen molar-refractivity contribution in [3.8, 4) is 0 Å². The predicted octanol–water partition coefficient (Wildman–Crippen LogP) is -0.464. The number of aliphatic hydroxyl groups is 1. The van der Waals surface area contributed by atoms with E-state index in [-0.39, 0.29) is 11.5 Å². The molecule has 8 nitrogen and oxygen atoms in total. The van der Waals surface area contributed by atoms with Gasteiger partial charge in [-0.1, -0.05) is 0 Å².